The van der Waals surface area contributed by atoms with Gasteiger partial charge in [-0.05, 0) is 32.3 Å². The molecule has 7 heteroatoms. The first-order valence-electron chi connectivity index (χ1n) is 6.13. The fourth-order valence-electron chi connectivity index (χ4n) is 2.05. The van der Waals surface area contributed by atoms with Crippen molar-refractivity contribution >= 4 is 28.2 Å². The maximum absolute atomic E-state index is 12.0. The number of aryl methyl sites for hydroxylation is 1. The molecule has 0 aliphatic carbocycles. The summed E-state index contributed by atoms with van der Waals surface area (Å²) in [6, 6.07) is 2.07. The number of rotatable bonds is 3. The molecule has 0 bridgehead atoms. The van der Waals surface area contributed by atoms with Crippen molar-refractivity contribution in [2.24, 2.45) is 0 Å². The topological polar surface area (TPSA) is 99.4 Å². The van der Waals surface area contributed by atoms with Crippen molar-refractivity contribution < 1.29 is 19.4 Å². The molecule has 2 heterocycles. The average molecular weight is 294 g/mol. The van der Waals surface area contributed by atoms with Crippen LogP contribution in [0.2, 0.25) is 0 Å². The fourth-order valence-corrected chi connectivity index (χ4v) is 3.07. The highest BCUT2D eigenvalue weighted by molar-refractivity contribution is 7.16. The highest BCUT2D eigenvalue weighted by atomic mass is 32.1. The monoisotopic (exact) mass is 294 g/mol. The molecule has 2 atom stereocenters. The maximum atomic E-state index is 12.0. The number of carbonyl (C=O) groups excluding carboxylic acids is 1. The molecule has 1 aromatic rings. The van der Waals surface area contributed by atoms with E-state index < -0.39 is 24.1 Å². The Kier molecular flexibility index (Phi) is 4.06. The molecule has 106 valence electrons. The summed E-state index contributed by atoms with van der Waals surface area (Å²) >= 11 is 1.33. The summed E-state index contributed by atoms with van der Waals surface area (Å²) in [5.74, 6) is -1.45. The van der Waals surface area contributed by atoms with Gasteiger partial charge in [-0.1, -0.05) is 0 Å². The Balaban J connectivity index is 2.08. The minimum Gasteiger partial charge on any atom is -0.479 e. The molecule has 0 spiro atoms. The lowest BCUT2D eigenvalue weighted by molar-refractivity contribution is -0.150. The minimum atomic E-state index is -1.05. The van der Waals surface area contributed by atoms with Gasteiger partial charge in [0.25, 0.3) is 5.91 Å². The quantitative estimate of drug-likeness (QED) is 0.885. The number of ether oxygens (including phenoxy) is 1. The van der Waals surface area contributed by atoms with E-state index in [4.69, 9.17) is 15.1 Å². The van der Waals surface area contributed by atoms with E-state index >= 15 is 0 Å². The van der Waals surface area contributed by atoms with Crippen LogP contribution in [-0.2, 0) is 14.3 Å². The van der Waals surface area contributed by atoms with Gasteiger partial charge in [-0.15, -0.1) is 11.3 Å². The summed E-state index contributed by atoms with van der Waals surface area (Å²) in [6.07, 6.45) is -1.01. The number of hydrogen-bond acceptors (Lipinski definition) is 5. The standard InChI is InChI=1S/C13H14N2O4S/c1-6-7(2)20-12(8(6)5-14)15-11(16)9-3-4-10(19-9)13(17)18/h9-10H,3-4H2,1-2H3,(H,15,16)(H,17,18). The number of nitrogens with one attached hydrogen (secondary N) is 1. The first kappa shape index (κ1) is 14.5. The van der Waals surface area contributed by atoms with E-state index in [-0.39, 0.29) is 0 Å². The number of carbonyl (C=O) groups is 2. The highest BCUT2D eigenvalue weighted by Crippen LogP contribution is 2.32. The molecule has 1 fully saturated rings. The molecule has 1 amide bonds. The average Bonchev–Trinajstić information content (AvgIpc) is 2.96. The van der Waals surface area contributed by atoms with Crippen molar-refractivity contribution in [1.82, 2.24) is 0 Å². The van der Waals surface area contributed by atoms with E-state index in [1.54, 1.807) is 0 Å². The molecule has 1 saturated heterocycles. The predicted molar refractivity (Wildman–Crippen MR) is 72.7 cm³/mol. The molecule has 0 aromatic carbocycles. The molecule has 2 N–H and O–H groups in total. The second-order valence-corrected chi connectivity index (χ2v) is 5.84. The number of nitrogens with zero attached hydrogens (tertiary/aromatic N) is 1. The Morgan fingerprint density at radius 3 is 2.60 bits per heavy atom. The van der Waals surface area contributed by atoms with Gasteiger partial charge in [0.05, 0.1) is 5.56 Å². The lowest BCUT2D eigenvalue weighted by Crippen LogP contribution is -2.29. The van der Waals surface area contributed by atoms with Crippen LogP contribution in [0.3, 0.4) is 0 Å². The van der Waals surface area contributed by atoms with Crippen molar-refractivity contribution in [3.8, 4) is 6.07 Å². The lowest BCUT2D eigenvalue weighted by Gasteiger charge is -2.10. The van der Waals surface area contributed by atoms with Crippen LogP contribution in [-0.4, -0.2) is 29.2 Å². The van der Waals surface area contributed by atoms with Crippen molar-refractivity contribution in [3.05, 3.63) is 16.0 Å². The minimum absolute atomic E-state index is 0.320. The van der Waals surface area contributed by atoms with Crippen LogP contribution >= 0.6 is 11.3 Å². The molecule has 1 aliphatic heterocycles. The van der Waals surface area contributed by atoms with Gasteiger partial charge in [-0.25, -0.2) is 4.79 Å². The van der Waals surface area contributed by atoms with Crippen molar-refractivity contribution in [1.29, 1.82) is 5.26 Å². The second kappa shape index (κ2) is 5.61. The Morgan fingerprint density at radius 1 is 1.40 bits per heavy atom. The third-order valence-electron chi connectivity index (χ3n) is 3.32. The number of nitriles is 1. The maximum Gasteiger partial charge on any atom is 0.332 e. The number of aliphatic carboxylic acids is 1. The van der Waals surface area contributed by atoms with Gasteiger partial charge in [0.1, 0.15) is 17.2 Å². The molecule has 2 unspecified atom stereocenters. The molecule has 6 nitrogen and oxygen atoms in total. The third-order valence-corrected chi connectivity index (χ3v) is 4.44. The molecule has 0 saturated carbocycles. The van der Waals surface area contributed by atoms with E-state index in [1.807, 2.05) is 13.8 Å². The van der Waals surface area contributed by atoms with Gasteiger partial charge in [-0.3, -0.25) is 4.79 Å². The Hall–Kier alpha value is -1.91. The molecule has 20 heavy (non-hydrogen) atoms. The Labute approximate surface area is 120 Å². The zero-order chi connectivity index (χ0) is 14.9. The summed E-state index contributed by atoms with van der Waals surface area (Å²) in [5, 5.41) is 21.1. The van der Waals surface area contributed by atoms with Crippen LogP contribution in [0.4, 0.5) is 5.00 Å². The first-order valence-corrected chi connectivity index (χ1v) is 6.95. The number of amides is 1. The van der Waals surface area contributed by atoms with E-state index in [0.29, 0.717) is 23.4 Å². The smallest absolute Gasteiger partial charge is 0.332 e. The zero-order valence-electron chi connectivity index (χ0n) is 11.1. The first-order chi connectivity index (χ1) is 9.43. The summed E-state index contributed by atoms with van der Waals surface area (Å²) in [4.78, 5) is 23.8. The second-order valence-electron chi connectivity index (χ2n) is 4.62. The third kappa shape index (κ3) is 2.66. The van der Waals surface area contributed by atoms with E-state index in [1.165, 1.54) is 11.3 Å². The van der Waals surface area contributed by atoms with Crippen LogP contribution < -0.4 is 5.32 Å². The summed E-state index contributed by atoms with van der Waals surface area (Å²) < 4.78 is 5.18. The van der Waals surface area contributed by atoms with Gasteiger partial charge in [0.15, 0.2) is 6.10 Å². The summed E-state index contributed by atoms with van der Waals surface area (Å²) in [6.45, 7) is 3.70. The van der Waals surface area contributed by atoms with Crippen LogP contribution in [0.15, 0.2) is 0 Å². The van der Waals surface area contributed by atoms with Gasteiger partial charge >= 0.3 is 5.97 Å². The van der Waals surface area contributed by atoms with Crippen LogP contribution in [0.25, 0.3) is 0 Å². The molecule has 1 aromatic heterocycles. The molecule has 2 rings (SSSR count). The number of hydrogen-bond donors (Lipinski definition) is 2. The van der Waals surface area contributed by atoms with Crippen molar-refractivity contribution in [3.63, 3.8) is 0 Å². The van der Waals surface area contributed by atoms with Gasteiger partial charge < -0.3 is 15.2 Å². The molecule has 0 radical (unpaired) electrons. The SMILES string of the molecule is Cc1sc(NC(=O)C2CCC(C(=O)O)O2)c(C#N)c1C. The van der Waals surface area contributed by atoms with Crippen LogP contribution in [0.1, 0.15) is 28.8 Å². The normalized spacial score (nSPS) is 21.4. The number of carboxylic acids is 1. The summed E-state index contributed by atoms with van der Waals surface area (Å²) in [5.41, 5.74) is 1.30. The number of thiophene rings is 1. The molecular weight excluding hydrogens is 280 g/mol. The number of carboxylic acid groups (broad SMARTS) is 1. The van der Waals surface area contributed by atoms with E-state index in [2.05, 4.69) is 11.4 Å². The molecular formula is C13H14N2O4S. The predicted octanol–water partition coefficient (Wildman–Crippen LogP) is 1.81. The summed E-state index contributed by atoms with van der Waals surface area (Å²) in [7, 11) is 0. The van der Waals surface area contributed by atoms with Crippen LogP contribution in [0, 0.1) is 25.2 Å². The number of anilines is 1. The Bertz CT molecular complexity index is 602. The van der Waals surface area contributed by atoms with E-state index in [9.17, 15) is 9.59 Å². The lowest BCUT2D eigenvalue weighted by atomic mass is 10.1. The van der Waals surface area contributed by atoms with E-state index in [0.717, 1.165) is 10.4 Å². The van der Waals surface area contributed by atoms with Gasteiger partial charge in [0, 0.05) is 4.88 Å². The fraction of sp³-hybridized carbons (Fsp3) is 0.462. The molecule has 1 aliphatic rings. The Morgan fingerprint density at radius 2 is 2.05 bits per heavy atom. The van der Waals surface area contributed by atoms with Crippen LogP contribution in [0.5, 0.6) is 0 Å². The zero-order valence-corrected chi connectivity index (χ0v) is 11.9. The largest absolute Gasteiger partial charge is 0.479 e. The van der Waals surface area contributed by atoms with Gasteiger partial charge in [0.2, 0.25) is 0 Å². The van der Waals surface area contributed by atoms with Crippen molar-refractivity contribution in [2.45, 2.75) is 38.9 Å². The highest BCUT2D eigenvalue weighted by Gasteiger charge is 2.35. The van der Waals surface area contributed by atoms with Crippen molar-refractivity contribution in [2.75, 3.05) is 5.32 Å². The van der Waals surface area contributed by atoms with Gasteiger partial charge in [-0.2, -0.15) is 5.26 Å².